The van der Waals surface area contributed by atoms with Crippen LogP contribution < -0.4 is 4.90 Å². The van der Waals surface area contributed by atoms with Crippen molar-refractivity contribution >= 4 is 17.5 Å². The Labute approximate surface area is 148 Å². The van der Waals surface area contributed by atoms with Crippen molar-refractivity contribution in [2.45, 2.75) is 19.3 Å². The molecule has 0 aromatic heterocycles. The van der Waals surface area contributed by atoms with Gasteiger partial charge < -0.3 is 4.90 Å². The predicted octanol–water partition coefficient (Wildman–Crippen LogP) is 3.76. The third kappa shape index (κ3) is 3.04. The summed E-state index contributed by atoms with van der Waals surface area (Å²) >= 11 is 0. The lowest BCUT2D eigenvalue weighted by Gasteiger charge is -2.34. The average Bonchev–Trinajstić information content (AvgIpc) is 3.12. The number of urea groups is 1. The molecule has 1 fully saturated rings. The molecule has 2 aromatic rings. The zero-order chi connectivity index (χ0) is 17.2. The number of para-hydroxylation sites is 1. The van der Waals surface area contributed by atoms with E-state index in [1.807, 2.05) is 58.3 Å². The van der Waals surface area contributed by atoms with Gasteiger partial charge in [-0.15, -0.1) is 0 Å². The smallest absolute Gasteiger partial charge is 0.324 e. The highest BCUT2D eigenvalue weighted by Crippen LogP contribution is 2.30. The molecule has 4 rings (SSSR count). The fourth-order valence-electron chi connectivity index (χ4n) is 3.88. The second-order valence-electron chi connectivity index (χ2n) is 6.80. The normalized spacial score (nSPS) is 17.4. The molecule has 0 N–H and O–H groups in total. The molecule has 128 valence electrons. The van der Waals surface area contributed by atoms with Crippen LogP contribution in [-0.4, -0.2) is 36.3 Å². The minimum atomic E-state index is 0.0253. The first kappa shape index (κ1) is 15.9. The van der Waals surface area contributed by atoms with Crippen LogP contribution in [0.5, 0.6) is 0 Å². The number of fused-ring (bicyclic) bond motifs is 1. The molecule has 0 spiro atoms. The van der Waals surface area contributed by atoms with E-state index in [0.29, 0.717) is 13.1 Å². The Hall–Kier alpha value is -2.62. The molecule has 0 saturated carbocycles. The molecule has 1 saturated heterocycles. The van der Waals surface area contributed by atoms with E-state index in [0.717, 1.165) is 37.1 Å². The summed E-state index contributed by atoms with van der Waals surface area (Å²) in [6.07, 6.45) is 2.41. The first-order valence-electron chi connectivity index (χ1n) is 8.97. The summed E-state index contributed by atoms with van der Waals surface area (Å²) in [5.74, 6) is 0.233. The number of ketones is 1. The zero-order valence-corrected chi connectivity index (χ0v) is 14.2. The Morgan fingerprint density at radius 2 is 1.52 bits per heavy atom. The number of nitrogens with zero attached hydrogens (tertiary/aromatic N) is 2. The maximum Gasteiger partial charge on any atom is 0.324 e. The lowest BCUT2D eigenvalue weighted by atomic mass is 9.89. The van der Waals surface area contributed by atoms with Gasteiger partial charge in [-0.25, -0.2) is 4.79 Å². The lowest BCUT2D eigenvalue weighted by molar-refractivity contribution is 0.0857. The van der Waals surface area contributed by atoms with Crippen molar-refractivity contribution < 1.29 is 9.59 Å². The number of hydrogen-bond donors (Lipinski definition) is 0. The van der Waals surface area contributed by atoms with E-state index in [9.17, 15) is 9.59 Å². The first-order chi connectivity index (χ1) is 12.2. The maximum atomic E-state index is 12.9. The van der Waals surface area contributed by atoms with Crippen molar-refractivity contribution in [1.29, 1.82) is 0 Å². The Morgan fingerprint density at radius 1 is 0.840 bits per heavy atom. The van der Waals surface area contributed by atoms with E-state index >= 15 is 0 Å². The van der Waals surface area contributed by atoms with E-state index in [1.54, 1.807) is 0 Å². The molecule has 4 heteroatoms. The fraction of sp³-hybridized carbons (Fsp3) is 0.333. The minimum Gasteiger partial charge on any atom is -0.324 e. The van der Waals surface area contributed by atoms with E-state index in [4.69, 9.17) is 0 Å². The van der Waals surface area contributed by atoms with Crippen LogP contribution in [0.2, 0.25) is 0 Å². The maximum absolute atomic E-state index is 12.9. The summed E-state index contributed by atoms with van der Waals surface area (Å²) in [7, 11) is 0. The Bertz CT molecular complexity index is 779. The van der Waals surface area contributed by atoms with Crippen molar-refractivity contribution in [3.05, 3.63) is 65.7 Å². The second-order valence-corrected chi connectivity index (χ2v) is 6.80. The summed E-state index contributed by atoms with van der Waals surface area (Å²) in [6, 6.07) is 17.7. The van der Waals surface area contributed by atoms with Crippen molar-refractivity contribution in [1.82, 2.24) is 4.90 Å². The third-order valence-electron chi connectivity index (χ3n) is 5.31. The van der Waals surface area contributed by atoms with Gasteiger partial charge in [0.15, 0.2) is 5.78 Å². The van der Waals surface area contributed by atoms with Gasteiger partial charge in [0, 0.05) is 36.8 Å². The number of likely N-dealkylation sites (tertiary alicyclic amines) is 1. The SMILES string of the molecule is O=C(c1ccccc1)C1CCN(C(=O)N2CCc3ccccc32)CC1. The van der Waals surface area contributed by atoms with Gasteiger partial charge in [0.1, 0.15) is 0 Å². The molecule has 2 aromatic carbocycles. The van der Waals surface area contributed by atoms with Crippen molar-refractivity contribution in [3.8, 4) is 0 Å². The van der Waals surface area contributed by atoms with Crippen LogP contribution in [0.15, 0.2) is 54.6 Å². The number of Topliss-reactive ketones (excluding diaryl/α,β-unsaturated/α-hetero) is 1. The average molecular weight is 334 g/mol. The molecule has 2 aliphatic heterocycles. The molecule has 2 aliphatic rings. The number of rotatable bonds is 2. The van der Waals surface area contributed by atoms with E-state index in [2.05, 4.69) is 6.07 Å². The van der Waals surface area contributed by atoms with Gasteiger partial charge >= 0.3 is 6.03 Å². The van der Waals surface area contributed by atoms with E-state index < -0.39 is 0 Å². The molecule has 2 heterocycles. The van der Waals surface area contributed by atoms with Crippen LogP contribution in [0.4, 0.5) is 10.5 Å². The summed E-state index contributed by atoms with van der Waals surface area (Å²) in [5.41, 5.74) is 3.06. The minimum absolute atomic E-state index is 0.0253. The van der Waals surface area contributed by atoms with Crippen LogP contribution in [0.25, 0.3) is 0 Å². The Kier molecular flexibility index (Phi) is 4.26. The lowest BCUT2D eigenvalue weighted by Crippen LogP contribution is -2.47. The fourth-order valence-corrected chi connectivity index (χ4v) is 3.88. The Morgan fingerprint density at radius 3 is 2.28 bits per heavy atom. The van der Waals surface area contributed by atoms with Gasteiger partial charge in [0.05, 0.1) is 0 Å². The van der Waals surface area contributed by atoms with Gasteiger partial charge in [-0.2, -0.15) is 0 Å². The standard InChI is InChI=1S/C21H22N2O2/c24-20(17-7-2-1-3-8-17)18-10-13-22(14-11-18)21(25)23-15-12-16-6-4-5-9-19(16)23/h1-9,18H,10-15H2. The van der Waals surface area contributed by atoms with Crippen LogP contribution in [0, 0.1) is 5.92 Å². The quantitative estimate of drug-likeness (QED) is 0.785. The molecular weight excluding hydrogens is 312 g/mol. The number of carbonyl (C=O) groups is 2. The molecule has 0 bridgehead atoms. The number of piperidine rings is 1. The van der Waals surface area contributed by atoms with Crippen molar-refractivity contribution in [2.24, 2.45) is 5.92 Å². The monoisotopic (exact) mass is 334 g/mol. The predicted molar refractivity (Wildman–Crippen MR) is 98.0 cm³/mol. The first-order valence-corrected chi connectivity index (χ1v) is 8.97. The van der Waals surface area contributed by atoms with Gasteiger partial charge in [0.2, 0.25) is 0 Å². The van der Waals surface area contributed by atoms with Gasteiger partial charge in [-0.05, 0) is 30.9 Å². The van der Waals surface area contributed by atoms with Crippen LogP contribution in [0.3, 0.4) is 0 Å². The zero-order valence-electron chi connectivity index (χ0n) is 14.2. The molecule has 0 radical (unpaired) electrons. The van der Waals surface area contributed by atoms with E-state index in [-0.39, 0.29) is 17.7 Å². The number of carbonyl (C=O) groups excluding carboxylic acids is 2. The van der Waals surface area contributed by atoms with Crippen molar-refractivity contribution in [2.75, 3.05) is 24.5 Å². The van der Waals surface area contributed by atoms with Crippen LogP contribution >= 0.6 is 0 Å². The molecule has 4 nitrogen and oxygen atoms in total. The largest absolute Gasteiger partial charge is 0.324 e. The molecule has 0 aliphatic carbocycles. The van der Waals surface area contributed by atoms with Gasteiger partial charge in [0.25, 0.3) is 0 Å². The molecule has 0 unspecified atom stereocenters. The molecule has 2 amide bonds. The summed E-state index contributed by atoms with van der Waals surface area (Å²) in [6.45, 7) is 2.06. The Balaban J connectivity index is 1.39. The highest BCUT2D eigenvalue weighted by atomic mass is 16.2. The van der Waals surface area contributed by atoms with E-state index in [1.165, 1.54) is 5.56 Å². The highest BCUT2D eigenvalue weighted by Gasteiger charge is 2.32. The number of hydrogen-bond acceptors (Lipinski definition) is 2. The summed E-state index contributed by atoms with van der Waals surface area (Å²) < 4.78 is 0. The van der Waals surface area contributed by atoms with Crippen LogP contribution in [0.1, 0.15) is 28.8 Å². The molecule has 0 atom stereocenters. The number of benzene rings is 2. The number of amides is 2. The molecule has 25 heavy (non-hydrogen) atoms. The van der Waals surface area contributed by atoms with Crippen LogP contribution in [-0.2, 0) is 6.42 Å². The third-order valence-corrected chi connectivity index (χ3v) is 5.31. The number of anilines is 1. The van der Waals surface area contributed by atoms with Crippen molar-refractivity contribution in [3.63, 3.8) is 0 Å². The van der Waals surface area contributed by atoms with Gasteiger partial charge in [-0.1, -0.05) is 48.5 Å². The summed E-state index contributed by atoms with van der Waals surface area (Å²) in [5, 5.41) is 0. The van der Waals surface area contributed by atoms with Gasteiger partial charge in [-0.3, -0.25) is 9.69 Å². The summed E-state index contributed by atoms with van der Waals surface area (Å²) in [4.78, 5) is 29.2. The highest BCUT2D eigenvalue weighted by molar-refractivity contribution is 5.98. The topological polar surface area (TPSA) is 40.6 Å². The molecular formula is C21H22N2O2. The second kappa shape index (κ2) is 6.71.